The molecule has 23 heavy (non-hydrogen) atoms. The molecular weight excluding hydrogens is 328 g/mol. The molecule has 0 saturated heterocycles. The maximum absolute atomic E-state index is 13.6. The third-order valence-electron chi connectivity index (χ3n) is 3.51. The summed E-state index contributed by atoms with van der Waals surface area (Å²) in [6.45, 7) is 2.56. The number of rotatable bonds is 5. The molecule has 9 heteroatoms. The maximum Gasteiger partial charge on any atom is 0.244 e. The zero-order chi connectivity index (χ0) is 17.4. The Morgan fingerprint density at radius 1 is 1.30 bits per heavy atom. The molecule has 6 nitrogen and oxygen atoms in total. The van der Waals surface area contributed by atoms with Crippen molar-refractivity contribution >= 4 is 10.0 Å². The molecule has 0 fully saturated rings. The summed E-state index contributed by atoms with van der Waals surface area (Å²) in [4.78, 5) is -0.0128. The van der Waals surface area contributed by atoms with Crippen LogP contribution in [0.25, 0.3) is 0 Å². The van der Waals surface area contributed by atoms with E-state index in [4.69, 9.17) is 0 Å². The molecule has 0 bridgehead atoms. The van der Waals surface area contributed by atoms with Crippen LogP contribution < -0.4 is 4.72 Å². The Bertz CT molecular complexity index is 814. The molecule has 0 spiro atoms. The minimum Gasteiger partial charge on any atom is -0.387 e. The van der Waals surface area contributed by atoms with Crippen LogP contribution in [0, 0.1) is 25.5 Å². The summed E-state index contributed by atoms with van der Waals surface area (Å²) in [7, 11) is -2.37. The van der Waals surface area contributed by atoms with Gasteiger partial charge in [-0.15, -0.1) is 0 Å². The number of aliphatic hydroxyl groups is 1. The van der Waals surface area contributed by atoms with Crippen LogP contribution >= 0.6 is 0 Å². The van der Waals surface area contributed by atoms with Crippen LogP contribution in [0.2, 0.25) is 0 Å². The lowest BCUT2D eigenvalue weighted by Crippen LogP contribution is -2.30. The van der Waals surface area contributed by atoms with Crippen molar-refractivity contribution in [3.05, 3.63) is 46.8 Å². The molecule has 0 saturated carbocycles. The predicted molar refractivity (Wildman–Crippen MR) is 79.2 cm³/mol. The normalized spacial score (nSPS) is 13.3. The van der Waals surface area contributed by atoms with Gasteiger partial charge in [-0.3, -0.25) is 4.68 Å². The number of hydrogen-bond acceptors (Lipinski definition) is 4. The Labute approximate surface area is 132 Å². The smallest absolute Gasteiger partial charge is 0.244 e. The number of nitrogens with zero attached hydrogens (tertiary/aromatic N) is 2. The van der Waals surface area contributed by atoms with Crippen molar-refractivity contribution in [1.82, 2.24) is 14.5 Å². The fourth-order valence-electron chi connectivity index (χ4n) is 2.34. The highest BCUT2D eigenvalue weighted by molar-refractivity contribution is 7.89. The van der Waals surface area contributed by atoms with Crippen molar-refractivity contribution < 1.29 is 22.3 Å². The molecule has 1 heterocycles. The second-order valence-electron chi connectivity index (χ2n) is 5.13. The van der Waals surface area contributed by atoms with Crippen LogP contribution in [0.15, 0.2) is 23.1 Å². The van der Waals surface area contributed by atoms with Crippen LogP contribution in [-0.2, 0) is 17.1 Å². The molecule has 0 unspecified atom stereocenters. The van der Waals surface area contributed by atoms with Crippen molar-refractivity contribution in [2.24, 2.45) is 7.05 Å². The Balaban J connectivity index is 2.23. The van der Waals surface area contributed by atoms with E-state index in [-0.39, 0.29) is 4.90 Å². The van der Waals surface area contributed by atoms with Crippen molar-refractivity contribution in [1.29, 1.82) is 0 Å². The largest absolute Gasteiger partial charge is 0.387 e. The van der Waals surface area contributed by atoms with E-state index in [1.54, 1.807) is 14.0 Å². The van der Waals surface area contributed by atoms with Crippen LogP contribution in [-0.4, -0.2) is 29.8 Å². The van der Waals surface area contributed by atoms with E-state index in [0.717, 1.165) is 18.2 Å². The van der Waals surface area contributed by atoms with Gasteiger partial charge >= 0.3 is 0 Å². The minimum absolute atomic E-state index is 0.0128. The first-order valence-corrected chi connectivity index (χ1v) is 8.25. The van der Waals surface area contributed by atoms with Gasteiger partial charge in [-0.1, -0.05) is 6.07 Å². The van der Waals surface area contributed by atoms with E-state index < -0.39 is 39.9 Å². The lowest BCUT2D eigenvalue weighted by molar-refractivity contribution is 0.172. The summed E-state index contributed by atoms with van der Waals surface area (Å²) in [6, 6.07) is 3.14. The zero-order valence-electron chi connectivity index (χ0n) is 12.8. The maximum atomic E-state index is 13.6. The first kappa shape index (κ1) is 17.5. The van der Waals surface area contributed by atoms with Gasteiger partial charge in [0.2, 0.25) is 10.0 Å². The quantitative estimate of drug-likeness (QED) is 0.856. The summed E-state index contributed by atoms with van der Waals surface area (Å²) in [5.41, 5.74) is 0.139. The van der Waals surface area contributed by atoms with Crippen LogP contribution in [0.1, 0.15) is 23.1 Å². The molecule has 1 aromatic heterocycles. The predicted octanol–water partition coefficient (Wildman–Crippen LogP) is 1.33. The molecule has 0 aliphatic heterocycles. The van der Waals surface area contributed by atoms with Gasteiger partial charge in [0, 0.05) is 13.6 Å². The average Bonchev–Trinajstić information content (AvgIpc) is 2.70. The number of nitrogens with one attached hydrogen (secondary N) is 1. The van der Waals surface area contributed by atoms with Crippen LogP contribution in [0.5, 0.6) is 0 Å². The number of aryl methyl sites for hydroxylation is 2. The number of aromatic nitrogens is 2. The number of halogens is 2. The monoisotopic (exact) mass is 345 g/mol. The molecule has 126 valence electrons. The van der Waals surface area contributed by atoms with Gasteiger partial charge < -0.3 is 5.11 Å². The van der Waals surface area contributed by atoms with E-state index in [9.17, 15) is 22.3 Å². The SMILES string of the molecule is Cc1nn(C)c(C)c1S(=O)(=O)NC[C@H](O)c1c(F)cccc1F. The fourth-order valence-corrected chi connectivity index (χ4v) is 3.81. The fraction of sp³-hybridized carbons (Fsp3) is 0.357. The Morgan fingerprint density at radius 3 is 2.35 bits per heavy atom. The molecule has 0 radical (unpaired) electrons. The topological polar surface area (TPSA) is 84.2 Å². The summed E-state index contributed by atoms with van der Waals surface area (Å²) < 4.78 is 55.4. The van der Waals surface area contributed by atoms with E-state index in [1.807, 2.05) is 0 Å². The zero-order valence-corrected chi connectivity index (χ0v) is 13.7. The lowest BCUT2D eigenvalue weighted by Gasteiger charge is -2.14. The van der Waals surface area contributed by atoms with Crippen LogP contribution in [0.3, 0.4) is 0 Å². The van der Waals surface area contributed by atoms with Crippen molar-refractivity contribution in [3.63, 3.8) is 0 Å². The molecule has 2 N–H and O–H groups in total. The summed E-state index contributed by atoms with van der Waals surface area (Å²) in [5, 5.41) is 13.9. The number of sulfonamides is 1. The van der Waals surface area contributed by atoms with Gasteiger partial charge in [-0.25, -0.2) is 21.9 Å². The first-order chi connectivity index (χ1) is 10.6. The lowest BCUT2D eigenvalue weighted by atomic mass is 10.1. The molecule has 0 amide bonds. The number of benzene rings is 1. The third-order valence-corrected chi connectivity index (χ3v) is 5.19. The molecule has 0 aliphatic rings. The third kappa shape index (κ3) is 3.41. The second-order valence-corrected chi connectivity index (χ2v) is 6.83. The first-order valence-electron chi connectivity index (χ1n) is 6.77. The summed E-state index contributed by atoms with van der Waals surface area (Å²) in [6.07, 6.45) is -1.65. The van der Waals surface area contributed by atoms with Crippen LogP contribution in [0.4, 0.5) is 8.78 Å². The Morgan fingerprint density at radius 2 is 1.87 bits per heavy atom. The van der Waals surface area contributed by atoms with Gasteiger partial charge in [0.25, 0.3) is 0 Å². The van der Waals surface area contributed by atoms with Gasteiger partial charge in [0.15, 0.2) is 0 Å². The molecule has 0 aliphatic carbocycles. The highest BCUT2D eigenvalue weighted by Crippen LogP contribution is 2.22. The van der Waals surface area contributed by atoms with Crippen molar-refractivity contribution in [2.45, 2.75) is 24.8 Å². The molecular formula is C14H17F2N3O3S. The Kier molecular flexibility index (Phi) is 4.83. The Hall–Kier alpha value is -1.84. The van der Waals surface area contributed by atoms with Gasteiger partial charge in [0.1, 0.15) is 16.5 Å². The molecule has 2 rings (SSSR count). The van der Waals surface area contributed by atoms with E-state index in [0.29, 0.717) is 11.4 Å². The van der Waals surface area contributed by atoms with Gasteiger partial charge in [-0.2, -0.15) is 5.10 Å². The molecule has 1 atom stereocenters. The number of aliphatic hydroxyl groups excluding tert-OH is 1. The van der Waals surface area contributed by atoms with E-state index in [2.05, 4.69) is 9.82 Å². The minimum atomic E-state index is -3.97. The van der Waals surface area contributed by atoms with Crippen molar-refractivity contribution in [3.8, 4) is 0 Å². The molecule has 1 aromatic carbocycles. The van der Waals surface area contributed by atoms with E-state index >= 15 is 0 Å². The highest BCUT2D eigenvalue weighted by Gasteiger charge is 2.26. The van der Waals surface area contributed by atoms with Crippen molar-refractivity contribution in [2.75, 3.05) is 6.54 Å². The van der Waals surface area contributed by atoms with E-state index in [1.165, 1.54) is 11.6 Å². The average molecular weight is 345 g/mol. The van der Waals surface area contributed by atoms with Gasteiger partial charge in [0.05, 0.1) is 23.1 Å². The standard InChI is InChI=1S/C14H17F2N3O3S/c1-8-14(9(2)19(3)18-8)23(21,22)17-7-12(20)13-10(15)5-4-6-11(13)16/h4-6,12,17,20H,7H2,1-3H3/t12-/m0/s1. The highest BCUT2D eigenvalue weighted by atomic mass is 32.2. The summed E-state index contributed by atoms with van der Waals surface area (Å²) >= 11 is 0. The van der Waals surface area contributed by atoms with Gasteiger partial charge in [-0.05, 0) is 26.0 Å². The molecule has 2 aromatic rings. The number of hydrogen-bond donors (Lipinski definition) is 2. The summed E-state index contributed by atoms with van der Waals surface area (Å²) in [5.74, 6) is -1.88. The second kappa shape index (κ2) is 6.34.